The number of aryl methyl sites for hydroxylation is 1. The summed E-state index contributed by atoms with van der Waals surface area (Å²) in [7, 11) is 0. The second-order valence-electron chi connectivity index (χ2n) is 5.68. The summed E-state index contributed by atoms with van der Waals surface area (Å²) in [6, 6.07) is 12.4. The summed E-state index contributed by atoms with van der Waals surface area (Å²) in [6.07, 6.45) is 4.94. The molecule has 1 aliphatic rings. The maximum Gasteiger partial charge on any atom is 0.0500 e. The Hall–Kier alpha value is -1.18. The molecule has 0 saturated carbocycles. The highest BCUT2D eigenvalue weighted by Gasteiger charge is 2.16. The van der Waals surface area contributed by atoms with Crippen molar-refractivity contribution in [3.63, 3.8) is 0 Å². The molecule has 0 heterocycles. The minimum atomic E-state index is 0.156. The number of nitrogens with one attached hydrogen (secondary N) is 1. The van der Waals surface area contributed by atoms with Crippen molar-refractivity contribution in [1.82, 2.24) is 0 Å². The van der Waals surface area contributed by atoms with Gasteiger partial charge in [-0.1, -0.05) is 41.4 Å². The van der Waals surface area contributed by atoms with Gasteiger partial charge >= 0.3 is 0 Å². The number of hydrogen-bond donors (Lipinski definition) is 1. The molecule has 1 aliphatic carbocycles. The monoisotopic (exact) mass is 319 g/mol. The first-order valence-electron chi connectivity index (χ1n) is 7.47. The minimum Gasteiger partial charge on any atom is -0.378 e. The van der Waals surface area contributed by atoms with Crippen molar-refractivity contribution in [2.75, 3.05) is 5.32 Å². The number of halogens is 2. The largest absolute Gasteiger partial charge is 0.378 e. The maximum absolute atomic E-state index is 6.31. The Morgan fingerprint density at radius 1 is 1.05 bits per heavy atom. The van der Waals surface area contributed by atoms with Crippen LogP contribution in [-0.2, 0) is 12.8 Å². The number of rotatable bonds is 3. The van der Waals surface area contributed by atoms with Crippen molar-refractivity contribution in [3.05, 3.63) is 63.1 Å². The highest BCUT2D eigenvalue weighted by Crippen LogP contribution is 2.32. The van der Waals surface area contributed by atoms with Gasteiger partial charge in [-0.25, -0.2) is 0 Å². The molecular weight excluding hydrogens is 301 g/mol. The Balaban J connectivity index is 1.86. The van der Waals surface area contributed by atoms with E-state index >= 15 is 0 Å². The van der Waals surface area contributed by atoms with Gasteiger partial charge in [-0.3, -0.25) is 0 Å². The first-order chi connectivity index (χ1) is 10.1. The molecule has 0 fully saturated rings. The van der Waals surface area contributed by atoms with Gasteiger partial charge in [-0.2, -0.15) is 0 Å². The zero-order valence-corrected chi connectivity index (χ0v) is 13.6. The first kappa shape index (κ1) is 14.7. The van der Waals surface area contributed by atoms with Crippen LogP contribution in [0.2, 0.25) is 10.0 Å². The van der Waals surface area contributed by atoms with Crippen LogP contribution in [0.1, 0.15) is 42.5 Å². The Labute approximate surface area is 136 Å². The molecule has 1 atom stereocenters. The minimum absolute atomic E-state index is 0.156. The molecule has 3 rings (SSSR count). The molecule has 21 heavy (non-hydrogen) atoms. The predicted molar refractivity (Wildman–Crippen MR) is 91.6 cm³/mol. The third-order valence-corrected chi connectivity index (χ3v) is 4.76. The second kappa shape index (κ2) is 6.29. The number of benzene rings is 2. The average molecular weight is 320 g/mol. The van der Waals surface area contributed by atoms with E-state index in [4.69, 9.17) is 23.2 Å². The Morgan fingerprint density at radius 2 is 1.86 bits per heavy atom. The van der Waals surface area contributed by atoms with E-state index in [1.165, 1.54) is 42.5 Å². The zero-order valence-electron chi connectivity index (χ0n) is 12.1. The fourth-order valence-electron chi connectivity index (χ4n) is 3.08. The number of anilines is 1. The lowest BCUT2D eigenvalue weighted by molar-refractivity contribution is 0.685. The lowest BCUT2D eigenvalue weighted by Gasteiger charge is -2.23. The van der Waals surface area contributed by atoms with Crippen LogP contribution in [0.15, 0.2) is 36.4 Å². The van der Waals surface area contributed by atoms with Crippen molar-refractivity contribution in [3.8, 4) is 0 Å². The summed E-state index contributed by atoms with van der Waals surface area (Å²) in [6.45, 7) is 2.14. The molecule has 2 aromatic rings. The third-order valence-electron chi connectivity index (χ3n) is 4.20. The predicted octanol–water partition coefficient (Wildman–Crippen LogP) is 6.05. The summed E-state index contributed by atoms with van der Waals surface area (Å²) < 4.78 is 0. The lowest BCUT2D eigenvalue weighted by atomic mass is 9.90. The Bertz CT molecular complexity index is 652. The van der Waals surface area contributed by atoms with E-state index in [9.17, 15) is 0 Å². The van der Waals surface area contributed by atoms with E-state index in [-0.39, 0.29) is 6.04 Å². The van der Waals surface area contributed by atoms with Gasteiger partial charge in [0, 0.05) is 15.7 Å². The number of hydrogen-bond acceptors (Lipinski definition) is 1. The van der Waals surface area contributed by atoms with Crippen molar-refractivity contribution in [2.24, 2.45) is 0 Å². The van der Waals surface area contributed by atoms with Crippen LogP contribution in [0.4, 0.5) is 5.69 Å². The average Bonchev–Trinajstić information content (AvgIpc) is 2.47. The van der Waals surface area contributed by atoms with Gasteiger partial charge in [0.15, 0.2) is 0 Å². The molecule has 0 amide bonds. The van der Waals surface area contributed by atoms with Crippen LogP contribution < -0.4 is 5.32 Å². The van der Waals surface area contributed by atoms with E-state index in [2.05, 4.69) is 30.4 Å². The molecule has 0 radical (unpaired) electrons. The molecule has 0 spiro atoms. The highest BCUT2D eigenvalue weighted by atomic mass is 35.5. The Morgan fingerprint density at radius 3 is 2.67 bits per heavy atom. The topological polar surface area (TPSA) is 12.0 Å². The molecule has 110 valence electrons. The molecule has 0 aliphatic heterocycles. The molecule has 1 nitrogen and oxygen atoms in total. The molecule has 0 aromatic heterocycles. The van der Waals surface area contributed by atoms with Crippen LogP contribution in [-0.4, -0.2) is 0 Å². The number of fused-ring (bicyclic) bond motifs is 1. The van der Waals surface area contributed by atoms with Crippen LogP contribution in [0, 0.1) is 0 Å². The summed E-state index contributed by atoms with van der Waals surface area (Å²) in [4.78, 5) is 0. The van der Waals surface area contributed by atoms with Gasteiger partial charge in [-0.05, 0) is 67.5 Å². The Kier molecular flexibility index (Phi) is 4.42. The molecule has 0 saturated heterocycles. The van der Waals surface area contributed by atoms with E-state index in [0.29, 0.717) is 10.0 Å². The van der Waals surface area contributed by atoms with Crippen molar-refractivity contribution in [1.29, 1.82) is 0 Å². The summed E-state index contributed by atoms with van der Waals surface area (Å²) in [5.74, 6) is 0. The fourth-order valence-corrected chi connectivity index (χ4v) is 3.65. The third kappa shape index (κ3) is 3.20. The van der Waals surface area contributed by atoms with Gasteiger partial charge in [-0.15, -0.1) is 0 Å². The van der Waals surface area contributed by atoms with Crippen molar-refractivity contribution in [2.45, 2.75) is 38.6 Å². The summed E-state index contributed by atoms with van der Waals surface area (Å²) >= 11 is 12.3. The van der Waals surface area contributed by atoms with Gasteiger partial charge in [0.2, 0.25) is 0 Å². The van der Waals surface area contributed by atoms with Gasteiger partial charge < -0.3 is 5.32 Å². The first-order valence-corrected chi connectivity index (χ1v) is 8.23. The maximum atomic E-state index is 6.31. The smallest absolute Gasteiger partial charge is 0.0500 e. The van der Waals surface area contributed by atoms with Gasteiger partial charge in [0.05, 0.1) is 6.04 Å². The zero-order chi connectivity index (χ0) is 14.8. The highest BCUT2D eigenvalue weighted by molar-refractivity contribution is 6.35. The van der Waals surface area contributed by atoms with Crippen LogP contribution in [0.5, 0.6) is 0 Å². The molecule has 0 bridgehead atoms. The molecule has 1 unspecified atom stereocenters. The quantitative estimate of drug-likeness (QED) is 0.726. The van der Waals surface area contributed by atoms with E-state index < -0.39 is 0 Å². The second-order valence-corrected chi connectivity index (χ2v) is 6.53. The van der Waals surface area contributed by atoms with Crippen molar-refractivity contribution < 1.29 is 0 Å². The summed E-state index contributed by atoms with van der Waals surface area (Å²) in [5.41, 5.74) is 5.28. The standard InChI is InChI=1S/C18H19Cl2N/c1-12(15-10-9-14(19)11-17(15)20)21-18-8-4-6-13-5-2-3-7-16(13)18/h4,6,8-12,21H,2-3,5,7H2,1H3. The van der Waals surface area contributed by atoms with Gasteiger partial charge in [0.1, 0.15) is 0 Å². The van der Waals surface area contributed by atoms with E-state index in [0.717, 1.165) is 5.56 Å². The normalized spacial score (nSPS) is 15.4. The van der Waals surface area contributed by atoms with Gasteiger partial charge in [0.25, 0.3) is 0 Å². The summed E-state index contributed by atoms with van der Waals surface area (Å²) in [5, 5.41) is 5.01. The van der Waals surface area contributed by atoms with Crippen molar-refractivity contribution >= 4 is 28.9 Å². The molecular formula is C18H19Cl2N. The van der Waals surface area contributed by atoms with Crippen LogP contribution in [0.3, 0.4) is 0 Å². The fraction of sp³-hybridized carbons (Fsp3) is 0.333. The van der Waals surface area contributed by atoms with E-state index in [1.807, 2.05) is 12.1 Å². The lowest BCUT2D eigenvalue weighted by Crippen LogP contribution is -2.12. The molecule has 3 heteroatoms. The van der Waals surface area contributed by atoms with Crippen LogP contribution >= 0.6 is 23.2 Å². The van der Waals surface area contributed by atoms with E-state index in [1.54, 1.807) is 6.07 Å². The SMILES string of the molecule is CC(Nc1cccc2c1CCCC2)c1ccc(Cl)cc1Cl. The molecule has 2 aromatic carbocycles. The van der Waals surface area contributed by atoms with Crippen LogP contribution in [0.25, 0.3) is 0 Å². The molecule has 1 N–H and O–H groups in total.